The summed E-state index contributed by atoms with van der Waals surface area (Å²) in [5.41, 5.74) is 7.01. The van der Waals surface area contributed by atoms with Crippen molar-refractivity contribution in [3.63, 3.8) is 0 Å². The first-order valence-corrected chi connectivity index (χ1v) is 5.06. The third-order valence-electron chi connectivity index (χ3n) is 2.14. The Morgan fingerprint density at radius 2 is 2.14 bits per heavy atom. The molecule has 1 aromatic rings. The van der Waals surface area contributed by atoms with Crippen molar-refractivity contribution >= 4 is 15.9 Å². The summed E-state index contributed by atoms with van der Waals surface area (Å²) < 4.78 is 19.1. The van der Waals surface area contributed by atoms with Gasteiger partial charge in [0, 0.05) is 11.6 Å². The maximum Gasteiger partial charge on any atom is 0.138 e. The van der Waals surface area contributed by atoms with E-state index in [4.69, 9.17) is 10.5 Å². The summed E-state index contributed by atoms with van der Waals surface area (Å²) in [6.07, 6.45) is 0. The Morgan fingerprint density at radius 3 is 2.57 bits per heavy atom. The van der Waals surface area contributed by atoms with E-state index in [2.05, 4.69) is 15.9 Å². The van der Waals surface area contributed by atoms with E-state index in [0.717, 1.165) is 0 Å². The van der Waals surface area contributed by atoms with E-state index in [9.17, 15) is 4.39 Å². The summed E-state index contributed by atoms with van der Waals surface area (Å²) in [5, 5.41) is 0. The second kappa shape index (κ2) is 4.28. The molecule has 4 heteroatoms. The van der Waals surface area contributed by atoms with Gasteiger partial charge in [0.2, 0.25) is 0 Å². The number of benzene rings is 1. The van der Waals surface area contributed by atoms with Gasteiger partial charge in [0.15, 0.2) is 0 Å². The molecule has 0 amide bonds. The molecule has 0 saturated carbocycles. The molecule has 1 aromatic carbocycles. The van der Waals surface area contributed by atoms with Crippen molar-refractivity contribution in [2.45, 2.75) is 19.9 Å². The highest BCUT2D eigenvalue weighted by atomic mass is 79.9. The van der Waals surface area contributed by atoms with Gasteiger partial charge in [-0.05, 0) is 41.4 Å². The Hall–Kier alpha value is -0.610. The van der Waals surface area contributed by atoms with E-state index in [1.165, 1.54) is 6.07 Å². The number of ether oxygens (including phenoxy) is 1. The normalized spacial score (nSPS) is 12.7. The smallest absolute Gasteiger partial charge is 0.138 e. The molecule has 0 spiro atoms. The zero-order chi connectivity index (χ0) is 10.9. The van der Waals surface area contributed by atoms with Crippen molar-refractivity contribution in [3.05, 3.63) is 27.5 Å². The number of rotatable bonds is 2. The number of halogens is 2. The van der Waals surface area contributed by atoms with Gasteiger partial charge in [0.25, 0.3) is 0 Å². The lowest BCUT2D eigenvalue weighted by molar-refractivity contribution is 0.401. The molecule has 0 heterocycles. The number of hydrogen-bond donors (Lipinski definition) is 1. The van der Waals surface area contributed by atoms with Gasteiger partial charge >= 0.3 is 0 Å². The van der Waals surface area contributed by atoms with Crippen LogP contribution in [0, 0.1) is 12.7 Å². The van der Waals surface area contributed by atoms with Crippen LogP contribution in [0.3, 0.4) is 0 Å². The van der Waals surface area contributed by atoms with Crippen molar-refractivity contribution in [2.24, 2.45) is 5.73 Å². The molecule has 0 aliphatic heterocycles. The second-order valence-corrected chi connectivity index (χ2v) is 4.06. The van der Waals surface area contributed by atoms with Gasteiger partial charge in [0.05, 0.1) is 11.6 Å². The Kier molecular flexibility index (Phi) is 3.50. The van der Waals surface area contributed by atoms with Gasteiger partial charge in [-0.2, -0.15) is 0 Å². The molecule has 0 aromatic heterocycles. The highest BCUT2D eigenvalue weighted by molar-refractivity contribution is 9.10. The molecule has 0 saturated heterocycles. The minimum atomic E-state index is -0.273. The maximum absolute atomic E-state index is 13.4. The third kappa shape index (κ3) is 1.91. The molecule has 0 aliphatic carbocycles. The molecule has 1 unspecified atom stereocenters. The van der Waals surface area contributed by atoms with Crippen molar-refractivity contribution in [1.82, 2.24) is 0 Å². The topological polar surface area (TPSA) is 35.2 Å². The predicted octanol–water partition coefficient (Wildman–Crippen LogP) is 2.92. The van der Waals surface area contributed by atoms with E-state index in [-0.39, 0.29) is 11.9 Å². The van der Waals surface area contributed by atoms with Crippen LogP contribution in [0.5, 0.6) is 5.75 Å². The lowest BCUT2D eigenvalue weighted by Gasteiger charge is -2.16. The van der Waals surface area contributed by atoms with Crippen LogP contribution in [-0.2, 0) is 0 Å². The van der Waals surface area contributed by atoms with Gasteiger partial charge in [-0.1, -0.05) is 0 Å². The summed E-state index contributed by atoms with van der Waals surface area (Å²) in [6.45, 7) is 3.50. The summed E-state index contributed by atoms with van der Waals surface area (Å²) in [7, 11) is 1.54. The summed E-state index contributed by atoms with van der Waals surface area (Å²) in [6, 6.07) is 1.14. The fraction of sp³-hybridized carbons (Fsp3) is 0.400. The molecule has 14 heavy (non-hydrogen) atoms. The SMILES string of the molecule is COc1c(Br)cc(F)c(C)c1C(C)N. The Bertz CT molecular complexity index is 352. The maximum atomic E-state index is 13.4. The van der Waals surface area contributed by atoms with Crippen LogP contribution in [-0.4, -0.2) is 7.11 Å². The molecular formula is C10H13BrFNO. The molecule has 78 valence electrons. The van der Waals surface area contributed by atoms with Crippen molar-refractivity contribution in [3.8, 4) is 5.75 Å². The van der Waals surface area contributed by atoms with E-state index in [1.54, 1.807) is 21.0 Å². The van der Waals surface area contributed by atoms with Crippen molar-refractivity contribution in [1.29, 1.82) is 0 Å². The van der Waals surface area contributed by atoms with E-state index in [0.29, 0.717) is 21.3 Å². The first-order chi connectivity index (χ1) is 6.49. The van der Waals surface area contributed by atoms with Crippen molar-refractivity contribution < 1.29 is 9.13 Å². The van der Waals surface area contributed by atoms with Crippen LogP contribution in [0.25, 0.3) is 0 Å². The van der Waals surface area contributed by atoms with Gasteiger partial charge in [-0.25, -0.2) is 4.39 Å². The zero-order valence-electron chi connectivity index (χ0n) is 8.40. The molecular weight excluding hydrogens is 249 g/mol. The van der Waals surface area contributed by atoms with E-state index >= 15 is 0 Å². The van der Waals surface area contributed by atoms with Crippen molar-refractivity contribution in [2.75, 3.05) is 7.11 Å². The molecule has 0 aliphatic rings. The average Bonchev–Trinajstić information content (AvgIpc) is 2.10. The van der Waals surface area contributed by atoms with Gasteiger partial charge in [0.1, 0.15) is 11.6 Å². The lowest BCUT2D eigenvalue weighted by Crippen LogP contribution is -2.10. The Labute approximate surface area is 91.4 Å². The molecule has 0 fully saturated rings. The largest absolute Gasteiger partial charge is 0.495 e. The minimum Gasteiger partial charge on any atom is -0.495 e. The molecule has 1 rings (SSSR count). The van der Waals surface area contributed by atoms with E-state index < -0.39 is 0 Å². The predicted molar refractivity (Wildman–Crippen MR) is 58.0 cm³/mol. The standard InChI is InChI=1S/C10H13BrFNO/c1-5-8(12)4-7(11)10(14-3)9(5)6(2)13/h4,6H,13H2,1-3H3. The summed E-state index contributed by atoms with van der Waals surface area (Å²) >= 11 is 3.24. The molecule has 1 atom stereocenters. The summed E-state index contributed by atoms with van der Waals surface area (Å²) in [4.78, 5) is 0. The second-order valence-electron chi connectivity index (χ2n) is 3.20. The van der Waals surface area contributed by atoms with Crippen LogP contribution in [0.4, 0.5) is 4.39 Å². The minimum absolute atomic E-state index is 0.253. The van der Waals surface area contributed by atoms with Crippen LogP contribution in [0.15, 0.2) is 10.5 Å². The zero-order valence-corrected chi connectivity index (χ0v) is 9.98. The lowest BCUT2D eigenvalue weighted by atomic mass is 10.0. The van der Waals surface area contributed by atoms with Gasteiger partial charge < -0.3 is 10.5 Å². The van der Waals surface area contributed by atoms with Crippen LogP contribution >= 0.6 is 15.9 Å². The molecule has 0 radical (unpaired) electrons. The fourth-order valence-electron chi connectivity index (χ4n) is 1.47. The Morgan fingerprint density at radius 1 is 1.57 bits per heavy atom. The van der Waals surface area contributed by atoms with Gasteiger partial charge in [-0.3, -0.25) is 0 Å². The molecule has 2 N–H and O–H groups in total. The van der Waals surface area contributed by atoms with E-state index in [1.807, 2.05) is 0 Å². The number of hydrogen-bond acceptors (Lipinski definition) is 2. The first kappa shape index (κ1) is 11.5. The first-order valence-electron chi connectivity index (χ1n) is 4.27. The number of methoxy groups -OCH3 is 1. The molecule has 2 nitrogen and oxygen atoms in total. The number of nitrogens with two attached hydrogens (primary N) is 1. The quantitative estimate of drug-likeness (QED) is 0.889. The highest BCUT2D eigenvalue weighted by Crippen LogP contribution is 2.35. The Balaban J connectivity index is 3.48. The monoisotopic (exact) mass is 261 g/mol. The third-order valence-corrected chi connectivity index (χ3v) is 2.73. The van der Waals surface area contributed by atoms with Crippen LogP contribution in [0.2, 0.25) is 0 Å². The average molecular weight is 262 g/mol. The molecule has 0 bridgehead atoms. The van der Waals surface area contributed by atoms with Crippen LogP contribution < -0.4 is 10.5 Å². The highest BCUT2D eigenvalue weighted by Gasteiger charge is 2.17. The summed E-state index contributed by atoms with van der Waals surface area (Å²) in [5.74, 6) is 0.337. The van der Waals surface area contributed by atoms with Gasteiger partial charge in [-0.15, -0.1) is 0 Å². The fourth-order valence-corrected chi connectivity index (χ4v) is 2.04. The van der Waals surface area contributed by atoms with Crippen LogP contribution in [0.1, 0.15) is 24.1 Å².